The van der Waals surface area contributed by atoms with E-state index in [2.05, 4.69) is 15.6 Å². The number of hydrogen-bond donors (Lipinski definition) is 2. The predicted molar refractivity (Wildman–Crippen MR) is 85.7 cm³/mol. The number of benzene rings is 1. The maximum atomic E-state index is 12.3. The summed E-state index contributed by atoms with van der Waals surface area (Å²) in [5.74, 6) is 0.744. The SMILES string of the molecule is CC1(C)CC(NC(=O)CCn2ccnn2)c2cc(N)ccc2O1. The number of nitrogens with zero attached hydrogens (tertiary/aromatic N) is 3. The third kappa shape index (κ3) is 3.61. The molecule has 0 spiro atoms. The van der Waals surface area contributed by atoms with Gasteiger partial charge in [-0.3, -0.25) is 9.48 Å². The van der Waals surface area contributed by atoms with Crippen molar-refractivity contribution in [3.05, 3.63) is 36.2 Å². The number of aryl methyl sites for hydroxylation is 1. The molecule has 1 aliphatic heterocycles. The first-order valence-electron chi connectivity index (χ1n) is 7.65. The number of nitrogen functional groups attached to an aromatic ring is 1. The molecule has 7 heteroatoms. The number of nitrogens with one attached hydrogen (secondary N) is 1. The van der Waals surface area contributed by atoms with E-state index in [1.54, 1.807) is 17.1 Å². The molecular weight excluding hydrogens is 294 g/mol. The van der Waals surface area contributed by atoms with Gasteiger partial charge in [-0.2, -0.15) is 0 Å². The first-order chi connectivity index (χ1) is 10.9. The molecule has 3 rings (SSSR count). The van der Waals surface area contributed by atoms with Crippen molar-refractivity contribution in [3.8, 4) is 5.75 Å². The molecule has 1 aliphatic rings. The molecule has 0 saturated heterocycles. The Morgan fingerprint density at radius 1 is 1.52 bits per heavy atom. The smallest absolute Gasteiger partial charge is 0.222 e. The Morgan fingerprint density at radius 2 is 2.35 bits per heavy atom. The highest BCUT2D eigenvalue weighted by molar-refractivity contribution is 5.76. The van der Waals surface area contributed by atoms with Crippen LogP contribution in [0.15, 0.2) is 30.6 Å². The van der Waals surface area contributed by atoms with Gasteiger partial charge in [0.2, 0.25) is 5.91 Å². The van der Waals surface area contributed by atoms with Crippen LogP contribution < -0.4 is 15.8 Å². The van der Waals surface area contributed by atoms with Crippen LogP contribution in [0.1, 0.15) is 38.3 Å². The standard InChI is InChI=1S/C16H21N5O2/c1-16(2)10-13(12-9-11(17)3-4-14(12)23-16)19-15(22)5-7-21-8-6-18-20-21/h3-4,6,8-9,13H,5,7,10,17H2,1-2H3,(H,19,22). The topological polar surface area (TPSA) is 95.1 Å². The van der Waals surface area contributed by atoms with Crippen molar-refractivity contribution in [2.45, 2.75) is 44.9 Å². The molecule has 0 saturated carbocycles. The number of ether oxygens (including phenoxy) is 1. The first-order valence-corrected chi connectivity index (χ1v) is 7.65. The highest BCUT2D eigenvalue weighted by atomic mass is 16.5. The van der Waals surface area contributed by atoms with E-state index in [-0.39, 0.29) is 17.6 Å². The molecule has 2 heterocycles. The van der Waals surface area contributed by atoms with Crippen molar-refractivity contribution in [3.63, 3.8) is 0 Å². The van der Waals surface area contributed by atoms with Gasteiger partial charge in [0.15, 0.2) is 0 Å². The zero-order chi connectivity index (χ0) is 16.4. The second-order valence-electron chi connectivity index (χ2n) is 6.40. The summed E-state index contributed by atoms with van der Waals surface area (Å²) in [5.41, 5.74) is 7.13. The summed E-state index contributed by atoms with van der Waals surface area (Å²) in [6.07, 6.45) is 4.37. The number of carbonyl (C=O) groups excluding carboxylic acids is 1. The second kappa shape index (κ2) is 5.91. The van der Waals surface area contributed by atoms with Crippen LogP contribution in [0.25, 0.3) is 0 Å². The summed E-state index contributed by atoms with van der Waals surface area (Å²) in [6, 6.07) is 5.43. The fraction of sp³-hybridized carbons (Fsp3) is 0.438. The molecule has 1 aromatic carbocycles. The molecule has 2 aromatic rings. The van der Waals surface area contributed by atoms with Crippen LogP contribution in [0.4, 0.5) is 5.69 Å². The van der Waals surface area contributed by atoms with Gasteiger partial charge in [-0.1, -0.05) is 5.21 Å². The lowest BCUT2D eigenvalue weighted by atomic mass is 9.89. The van der Waals surface area contributed by atoms with Gasteiger partial charge in [0, 0.05) is 30.3 Å². The molecule has 0 radical (unpaired) electrons. The number of anilines is 1. The van der Waals surface area contributed by atoms with E-state index in [4.69, 9.17) is 10.5 Å². The number of rotatable bonds is 4. The van der Waals surface area contributed by atoms with Crippen LogP contribution in [-0.4, -0.2) is 26.5 Å². The van der Waals surface area contributed by atoms with Gasteiger partial charge in [-0.15, -0.1) is 5.10 Å². The number of amides is 1. The van der Waals surface area contributed by atoms with E-state index < -0.39 is 0 Å². The quantitative estimate of drug-likeness (QED) is 0.837. The predicted octanol–water partition coefficient (Wildman–Crippen LogP) is 1.67. The lowest BCUT2D eigenvalue weighted by Gasteiger charge is -2.38. The maximum Gasteiger partial charge on any atom is 0.222 e. The first kappa shape index (κ1) is 15.3. The Morgan fingerprint density at radius 3 is 3.09 bits per heavy atom. The Bertz CT molecular complexity index is 697. The van der Waals surface area contributed by atoms with Crippen LogP contribution in [0.2, 0.25) is 0 Å². The molecule has 1 unspecified atom stereocenters. The monoisotopic (exact) mass is 315 g/mol. The lowest BCUT2D eigenvalue weighted by molar-refractivity contribution is -0.122. The number of hydrogen-bond acceptors (Lipinski definition) is 5. The average Bonchev–Trinajstić information content (AvgIpc) is 2.98. The molecule has 3 N–H and O–H groups in total. The summed E-state index contributed by atoms with van der Waals surface area (Å²) in [4.78, 5) is 12.3. The number of aromatic nitrogens is 3. The molecule has 0 bridgehead atoms. The molecule has 0 fully saturated rings. The lowest BCUT2D eigenvalue weighted by Crippen LogP contribution is -2.41. The molecule has 23 heavy (non-hydrogen) atoms. The molecule has 1 atom stereocenters. The number of fused-ring (bicyclic) bond motifs is 1. The summed E-state index contributed by atoms with van der Waals surface area (Å²) in [7, 11) is 0. The van der Waals surface area contributed by atoms with Crippen LogP contribution in [0.3, 0.4) is 0 Å². The van der Waals surface area contributed by atoms with Crippen molar-refractivity contribution in [1.82, 2.24) is 20.3 Å². The highest BCUT2D eigenvalue weighted by Gasteiger charge is 2.34. The molecule has 1 amide bonds. The molecule has 7 nitrogen and oxygen atoms in total. The van der Waals surface area contributed by atoms with Gasteiger partial charge >= 0.3 is 0 Å². The van der Waals surface area contributed by atoms with E-state index in [0.29, 0.717) is 25.1 Å². The summed E-state index contributed by atoms with van der Waals surface area (Å²) in [6.45, 7) is 4.53. The fourth-order valence-corrected chi connectivity index (χ4v) is 2.84. The summed E-state index contributed by atoms with van der Waals surface area (Å²) >= 11 is 0. The van der Waals surface area contributed by atoms with Gasteiger partial charge in [0.1, 0.15) is 11.4 Å². The minimum atomic E-state index is -0.340. The van der Waals surface area contributed by atoms with Crippen LogP contribution in [0, 0.1) is 0 Å². The van der Waals surface area contributed by atoms with Crippen LogP contribution in [0.5, 0.6) is 5.75 Å². The highest BCUT2D eigenvalue weighted by Crippen LogP contribution is 2.40. The maximum absolute atomic E-state index is 12.3. The summed E-state index contributed by atoms with van der Waals surface area (Å²) < 4.78 is 7.61. The molecular formula is C16H21N5O2. The molecule has 1 aromatic heterocycles. The Hall–Kier alpha value is -2.57. The van der Waals surface area contributed by atoms with Crippen molar-refractivity contribution in [2.75, 3.05) is 5.73 Å². The normalized spacial score (nSPS) is 18.8. The third-order valence-corrected chi connectivity index (χ3v) is 3.87. The van der Waals surface area contributed by atoms with E-state index in [1.807, 2.05) is 32.0 Å². The van der Waals surface area contributed by atoms with Gasteiger partial charge in [0.05, 0.1) is 18.8 Å². The van der Waals surface area contributed by atoms with Gasteiger partial charge < -0.3 is 15.8 Å². The minimum absolute atomic E-state index is 0.0309. The fourth-order valence-electron chi connectivity index (χ4n) is 2.84. The summed E-state index contributed by atoms with van der Waals surface area (Å²) in [5, 5.41) is 10.7. The Kier molecular flexibility index (Phi) is 3.94. The Labute approximate surface area is 134 Å². The number of nitrogens with two attached hydrogens (primary N) is 1. The van der Waals surface area contributed by atoms with E-state index in [9.17, 15) is 4.79 Å². The average molecular weight is 315 g/mol. The van der Waals surface area contributed by atoms with Gasteiger partial charge in [0.25, 0.3) is 0 Å². The molecule has 122 valence electrons. The van der Waals surface area contributed by atoms with E-state index >= 15 is 0 Å². The van der Waals surface area contributed by atoms with Crippen molar-refractivity contribution >= 4 is 11.6 Å². The zero-order valence-corrected chi connectivity index (χ0v) is 13.3. The molecule has 0 aliphatic carbocycles. The third-order valence-electron chi connectivity index (χ3n) is 3.87. The van der Waals surface area contributed by atoms with E-state index in [0.717, 1.165) is 11.3 Å². The van der Waals surface area contributed by atoms with Crippen LogP contribution >= 0.6 is 0 Å². The number of carbonyl (C=O) groups is 1. The zero-order valence-electron chi connectivity index (χ0n) is 13.3. The van der Waals surface area contributed by atoms with Gasteiger partial charge in [-0.25, -0.2) is 0 Å². The van der Waals surface area contributed by atoms with Crippen molar-refractivity contribution in [1.29, 1.82) is 0 Å². The second-order valence-corrected chi connectivity index (χ2v) is 6.40. The van der Waals surface area contributed by atoms with Crippen molar-refractivity contribution in [2.24, 2.45) is 0 Å². The van der Waals surface area contributed by atoms with Gasteiger partial charge in [-0.05, 0) is 32.0 Å². The minimum Gasteiger partial charge on any atom is -0.487 e. The van der Waals surface area contributed by atoms with Crippen LogP contribution in [-0.2, 0) is 11.3 Å². The Balaban J connectivity index is 1.71. The largest absolute Gasteiger partial charge is 0.487 e. The van der Waals surface area contributed by atoms with E-state index in [1.165, 1.54) is 0 Å². The van der Waals surface area contributed by atoms with Crippen molar-refractivity contribution < 1.29 is 9.53 Å².